The molecule has 2 heterocycles. The standard InChI is InChI=1S/C19H13F6N3O.C18H14ClF2N3O/c1-28-10-13(16(27-28)19(23,24)25)17(29)26-15-9-5-3-7-12(15)11-6-2-4-8-14(11)18(20,21)22;1-24-10-14(16(23-24)17(20)21)18(25)22-15-5-3-2-4-13(15)11-6-8-12(19)9-7-11/h2-10H,1H3,(H,26,29);2-10,17H,1H3,(H,22,25). The normalized spacial score (nSPS) is 11.6. The minimum Gasteiger partial charge on any atom is -0.321 e. The van der Waals surface area contributed by atoms with E-state index < -0.39 is 53.1 Å². The first-order valence-corrected chi connectivity index (χ1v) is 16.0. The Hall–Kier alpha value is -6.03. The van der Waals surface area contributed by atoms with Gasteiger partial charge in [-0.3, -0.25) is 19.0 Å². The second-order valence-electron chi connectivity index (χ2n) is 11.5. The molecule has 0 aliphatic heterocycles. The highest BCUT2D eigenvalue weighted by Gasteiger charge is 2.39. The molecule has 54 heavy (non-hydrogen) atoms. The van der Waals surface area contributed by atoms with Crippen LogP contribution in [0.4, 0.5) is 46.5 Å². The molecule has 0 atom stereocenters. The van der Waals surface area contributed by atoms with Crippen LogP contribution in [0.1, 0.15) is 44.1 Å². The van der Waals surface area contributed by atoms with E-state index in [2.05, 4.69) is 20.8 Å². The Morgan fingerprint density at radius 2 is 1.11 bits per heavy atom. The average molecular weight is 775 g/mol. The van der Waals surface area contributed by atoms with Crippen LogP contribution in [0.2, 0.25) is 5.02 Å². The van der Waals surface area contributed by atoms with Gasteiger partial charge in [0, 0.05) is 54.0 Å². The summed E-state index contributed by atoms with van der Waals surface area (Å²) in [5.74, 6) is -1.77. The number of nitrogens with zero attached hydrogens (tertiary/aromatic N) is 4. The Balaban J connectivity index is 0.000000210. The summed E-state index contributed by atoms with van der Waals surface area (Å²) in [5.41, 5.74) is -1.87. The van der Waals surface area contributed by atoms with E-state index in [0.717, 1.165) is 28.1 Å². The lowest BCUT2D eigenvalue weighted by molar-refractivity contribution is -0.141. The van der Waals surface area contributed by atoms with Gasteiger partial charge in [-0.1, -0.05) is 78.3 Å². The molecule has 6 rings (SSSR count). The van der Waals surface area contributed by atoms with Gasteiger partial charge in [0.15, 0.2) is 5.69 Å². The van der Waals surface area contributed by atoms with Crippen molar-refractivity contribution in [2.75, 3.05) is 10.6 Å². The van der Waals surface area contributed by atoms with E-state index in [-0.39, 0.29) is 22.4 Å². The van der Waals surface area contributed by atoms with Crippen molar-refractivity contribution in [2.24, 2.45) is 14.1 Å². The topological polar surface area (TPSA) is 93.8 Å². The molecule has 6 aromatic rings. The number of alkyl halides is 8. The van der Waals surface area contributed by atoms with E-state index in [0.29, 0.717) is 10.7 Å². The molecule has 0 saturated carbocycles. The van der Waals surface area contributed by atoms with Crippen LogP contribution in [0.15, 0.2) is 109 Å². The first kappa shape index (κ1) is 39.2. The fourth-order valence-electron chi connectivity index (χ4n) is 5.35. The summed E-state index contributed by atoms with van der Waals surface area (Å²) in [7, 11) is 2.71. The average Bonchev–Trinajstić information content (AvgIpc) is 3.72. The summed E-state index contributed by atoms with van der Waals surface area (Å²) in [6, 6.07) is 24.5. The number of halogens is 9. The van der Waals surface area contributed by atoms with Gasteiger partial charge in [-0.15, -0.1) is 0 Å². The molecule has 0 unspecified atom stereocenters. The Morgan fingerprint density at radius 1 is 0.630 bits per heavy atom. The summed E-state index contributed by atoms with van der Waals surface area (Å²) in [6.07, 6.45) is -10.2. The smallest absolute Gasteiger partial charge is 0.321 e. The van der Waals surface area contributed by atoms with Gasteiger partial charge in [0.05, 0.1) is 16.7 Å². The van der Waals surface area contributed by atoms with Crippen LogP contribution in [0.5, 0.6) is 0 Å². The molecule has 0 spiro atoms. The zero-order valence-electron chi connectivity index (χ0n) is 28.0. The number of amides is 2. The maximum atomic E-state index is 13.4. The SMILES string of the molecule is Cn1cc(C(=O)Nc2ccccc2-c2ccc(Cl)cc2)c(C(F)F)n1.Cn1cc(C(=O)Nc2ccccc2-c2ccccc2C(F)(F)F)c(C(F)(F)F)n1. The molecule has 280 valence electrons. The largest absolute Gasteiger partial charge is 0.435 e. The number of aromatic nitrogens is 4. The number of para-hydroxylation sites is 2. The first-order chi connectivity index (χ1) is 25.4. The Morgan fingerprint density at radius 3 is 1.69 bits per heavy atom. The van der Waals surface area contributed by atoms with Crippen molar-refractivity contribution >= 4 is 34.8 Å². The van der Waals surface area contributed by atoms with E-state index in [4.69, 9.17) is 11.6 Å². The molecule has 8 nitrogen and oxygen atoms in total. The summed E-state index contributed by atoms with van der Waals surface area (Å²) in [4.78, 5) is 24.9. The van der Waals surface area contributed by atoms with E-state index in [9.17, 15) is 44.7 Å². The highest BCUT2D eigenvalue weighted by molar-refractivity contribution is 6.30. The fraction of sp³-hybridized carbons (Fsp3) is 0.135. The van der Waals surface area contributed by atoms with Crippen molar-refractivity contribution in [3.63, 3.8) is 0 Å². The number of anilines is 2. The van der Waals surface area contributed by atoms with Crippen molar-refractivity contribution in [3.8, 4) is 22.3 Å². The van der Waals surface area contributed by atoms with E-state index in [1.165, 1.54) is 67.4 Å². The van der Waals surface area contributed by atoms with Crippen molar-refractivity contribution in [1.82, 2.24) is 19.6 Å². The molecule has 0 aliphatic carbocycles. The van der Waals surface area contributed by atoms with Crippen LogP contribution in [-0.4, -0.2) is 31.4 Å². The maximum absolute atomic E-state index is 13.4. The fourth-order valence-corrected chi connectivity index (χ4v) is 5.48. The first-order valence-electron chi connectivity index (χ1n) is 15.6. The van der Waals surface area contributed by atoms with Gasteiger partial charge in [0.1, 0.15) is 5.69 Å². The molecule has 0 radical (unpaired) electrons. The van der Waals surface area contributed by atoms with Gasteiger partial charge in [-0.2, -0.15) is 36.5 Å². The van der Waals surface area contributed by atoms with Crippen molar-refractivity contribution in [3.05, 3.63) is 143 Å². The predicted molar refractivity (Wildman–Crippen MR) is 186 cm³/mol. The quantitative estimate of drug-likeness (QED) is 0.158. The van der Waals surface area contributed by atoms with E-state index in [1.807, 2.05) is 24.3 Å². The van der Waals surface area contributed by atoms with E-state index in [1.54, 1.807) is 24.3 Å². The number of carbonyl (C=O) groups excluding carboxylic acids is 2. The van der Waals surface area contributed by atoms with Gasteiger partial charge < -0.3 is 10.6 Å². The molecule has 0 saturated heterocycles. The maximum Gasteiger partial charge on any atom is 0.435 e. The Kier molecular flexibility index (Phi) is 11.5. The molecular weight excluding hydrogens is 748 g/mol. The molecule has 0 aliphatic rings. The van der Waals surface area contributed by atoms with Crippen LogP contribution in [0.3, 0.4) is 0 Å². The lowest BCUT2D eigenvalue weighted by atomic mass is 9.97. The molecule has 2 N–H and O–H groups in total. The van der Waals surface area contributed by atoms with Crippen molar-refractivity contribution < 1.29 is 44.7 Å². The summed E-state index contributed by atoms with van der Waals surface area (Å²) >= 11 is 5.90. The molecule has 0 bridgehead atoms. The molecule has 4 aromatic carbocycles. The molecule has 0 fully saturated rings. The highest BCUT2D eigenvalue weighted by Crippen LogP contribution is 2.40. The summed E-state index contributed by atoms with van der Waals surface area (Å²) in [6.45, 7) is 0. The third-order valence-electron chi connectivity index (χ3n) is 7.68. The van der Waals surface area contributed by atoms with Crippen LogP contribution >= 0.6 is 11.6 Å². The zero-order valence-corrected chi connectivity index (χ0v) is 28.7. The lowest BCUT2D eigenvalue weighted by Crippen LogP contribution is -2.18. The number of nitrogens with one attached hydrogen (secondary N) is 2. The molecular formula is C37H27ClF8N6O2. The van der Waals surface area contributed by atoms with Crippen LogP contribution in [0, 0.1) is 0 Å². The highest BCUT2D eigenvalue weighted by atomic mass is 35.5. The van der Waals surface area contributed by atoms with Gasteiger partial charge in [0.25, 0.3) is 18.2 Å². The number of rotatable bonds is 7. The number of hydrogen-bond donors (Lipinski definition) is 2. The number of benzene rings is 4. The minimum absolute atomic E-state index is 0.0197. The van der Waals surface area contributed by atoms with E-state index >= 15 is 0 Å². The zero-order chi connectivity index (χ0) is 39.4. The minimum atomic E-state index is -4.86. The summed E-state index contributed by atoms with van der Waals surface area (Å²) < 4.78 is 108. The van der Waals surface area contributed by atoms with Gasteiger partial charge in [-0.25, -0.2) is 8.78 Å². The van der Waals surface area contributed by atoms with Crippen molar-refractivity contribution in [2.45, 2.75) is 18.8 Å². The Labute approximate surface area is 307 Å². The summed E-state index contributed by atoms with van der Waals surface area (Å²) in [5, 5.41) is 12.5. The van der Waals surface area contributed by atoms with Crippen molar-refractivity contribution in [1.29, 1.82) is 0 Å². The molecule has 2 aromatic heterocycles. The second-order valence-corrected chi connectivity index (χ2v) is 12.0. The van der Waals surface area contributed by atoms with Crippen LogP contribution < -0.4 is 10.6 Å². The monoisotopic (exact) mass is 774 g/mol. The van der Waals surface area contributed by atoms with Crippen LogP contribution in [0.25, 0.3) is 22.3 Å². The number of aryl methyl sites for hydroxylation is 2. The second kappa shape index (κ2) is 15.9. The third-order valence-corrected chi connectivity index (χ3v) is 7.93. The Bertz CT molecular complexity index is 2280. The predicted octanol–water partition coefficient (Wildman–Crippen LogP) is 10.3. The van der Waals surface area contributed by atoms with Gasteiger partial charge in [0.2, 0.25) is 0 Å². The molecule has 2 amide bonds. The number of carbonyl (C=O) groups is 2. The van der Waals surface area contributed by atoms with Gasteiger partial charge in [-0.05, 0) is 41.5 Å². The third kappa shape index (κ3) is 9.12. The van der Waals surface area contributed by atoms with Crippen LogP contribution in [-0.2, 0) is 26.4 Å². The van der Waals surface area contributed by atoms with Gasteiger partial charge >= 0.3 is 12.4 Å². The number of hydrogen-bond acceptors (Lipinski definition) is 4. The lowest BCUT2D eigenvalue weighted by Gasteiger charge is -2.16. The molecule has 17 heteroatoms.